The molecule has 0 unspecified atom stereocenters. The summed E-state index contributed by atoms with van der Waals surface area (Å²) in [5, 5.41) is 5.58. The summed E-state index contributed by atoms with van der Waals surface area (Å²) in [7, 11) is -1.83. The van der Waals surface area contributed by atoms with Crippen LogP contribution in [0.4, 0.5) is 5.69 Å². The standard InChI is InChI=1S/C13H18N2O4S/c1-19-12-4-2-3-11(5-12)15-13(16)9-20(17,18)8-10-6-14-7-10/h2-5,10,14H,6-9H2,1H3,(H,15,16). The van der Waals surface area contributed by atoms with Crippen LogP contribution in [0, 0.1) is 5.92 Å². The second kappa shape index (κ2) is 6.23. The van der Waals surface area contributed by atoms with E-state index in [2.05, 4.69) is 10.6 Å². The summed E-state index contributed by atoms with van der Waals surface area (Å²) in [6.45, 7) is 1.41. The third-order valence-electron chi connectivity index (χ3n) is 3.06. The van der Waals surface area contributed by atoms with E-state index in [1.165, 1.54) is 7.11 Å². The van der Waals surface area contributed by atoms with Crippen LogP contribution in [0.25, 0.3) is 0 Å². The van der Waals surface area contributed by atoms with Gasteiger partial charge in [-0.15, -0.1) is 0 Å². The van der Waals surface area contributed by atoms with Crippen molar-refractivity contribution in [3.05, 3.63) is 24.3 Å². The van der Waals surface area contributed by atoms with Gasteiger partial charge in [0.1, 0.15) is 11.5 Å². The van der Waals surface area contributed by atoms with Gasteiger partial charge in [0.2, 0.25) is 5.91 Å². The highest BCUT2D eigenvalue weighted by atomic mass is 32.2. The van der Waals surface area contributed by atoms with Crippen molar-refractivity contribution >= 4 is 21.4 Å². The smallest absolute Gasteiger partial charge is 0.239 e. The second-order valence-electron chi connectivity index (χ2n) is 4.86. The van der Waals surface area contributed by atoms with Crippen LogP contribution in [-0.4, -0.2) is 46.0 Å². The second-order valence-corrected chi connectivity index (χ2v) is 6.97. The van der Waals surface area contributed by atoms with Crippen LogP contribution in [0.1, 0.15) is 0 Å². The molecule has 1 amide bonds. The van der Waals surface area contributed by atoms with Crippen LogP contribution in [0.15, 0.2) is 24.3 Å². The van der Waals surface area contributed by atoms with Gasteiger partial charge in [0.25, 0.3) is 0 Å². The Balaban J connectivity index is 1.90. The quantitative estimate of drug-likeness (QED) is 0.787. The number of rotatable bonds is 6. The van der Waals surface area contributed by atoms with Crippen molar-refractivity contribution in [3.8, 4) is 5.75 Å². The summed E-state index contributed by atoms with van der Waals surface area (Å²) in [4.78, 5) is 11.8. The minimum absolute atomic E-state index is 0.0610. The average Bonchev–Trinajstić information content (AvgIpc) is 2.33. The number of hydrogen-bond acceptors (Lipinski definition) is 5. The Kier molecular flexibility index (Phi) is 4.61. The molecule has 1 aromatic rings. The van der Waals surface area contributed by atoms with E-state index >= 15 is 0 Å². The molecule has 1 fully saturated rings. The van der Waals surface area contributed by atoms with Gasteiger partial charge in [0.15, 0.2) is 9.84 Å². The molecule has 1 heterocycles. The van der Waals surface area contributed by atoms with Gasteiger partial charge in [-0.05, 0) is 18.1 Å². The van der Waals surface area contributed by atoms with Gasteiger partial charge >= 0.3 is 0 Å². The van der Waals surface area contributed by atoms with Crippen molar-refractivity contribution < 1.29 is 17.9 Å². The van der Waals surface area contributed by atoms with Gasteiger partial charge in [0, 0.05) is 24.8 Å². The van der Waals surface area contributed by atoms with Crippen LogP contribution < -0.4 is 15.4 Å². The lowest BCUT2D eigenvalue weighted by molar-refractivity contribution is -0.113. The zero-order chi connectivity index (χ0) is 14.6. The highest BCUT2D eigenvalue weighted by Crippen LogP contribution is 2.16. The lowest BCUT2D eigenvalue weighted by Crippen LogP contribution is -2.46. The van der Waals surface area contributed by atoms with Crippen LogP contribution in [0.2, 0.25) is 0 Å². The van der Waals surface area contributed by atoms with E-state index in [1.807, 2.05) is 0 Å². The van der Waals surface area contributed by atoms with Gasteiger partial charge in [-0.1, -0.05) is 6.07 Å². The molecule has 1 aliphatic heterocycles. The van der Waals surface area contributed by atoms with Gasteiger partial charge in [-0.25, -0.2) is 8.42 Å². The molecule has 0 saturated carbocycles. The molecular weight excluding hydrogens is 280 g/mol. The third-order valence-corrected chi connectivity index (χ3v) is 4.74. The van der Waals surface area contributed by atoms with Crippen LogP contribution >= 0.6 is 0 Å². The molecule has 0 spiro atoms. The molecule has 20 heavy (non-hydrogen) atoms. The maximum Gasteiger partial charge on any atom is 0.239 e. The molecule has 1 aliphatic rings. The van der Waals surface area contributed by atoms with Crippen molar-refractivity contribution in [1.82, 2.24) is 5.32 Å². The number of amides is 1. The summed E-state index contributed by atoms with van der Waals surface area (Å²) in [6.07, 6.45) is 0. The first-order valence-corrected chi connectivity index (χ1v) is 8.16. The first kappa shape index (κ1) is 14.8. The molecule has 2 rings (SSSR count). The monoisotopic (exact) mass is 298 g/mol. The number of carbonyl (C=O) groups excluding carboxylic acids is 1. The Hall–Kier alpha value is -1.60. The largest absolute Gasteiger partial charge is 0.497 e. The Labute approximate surface area is 118 Å². The Morgan fingerprint density at radius 3 is 2.80 bits per heavy atom. The van der Waals surface area contributed by atoms with Crippen molar-refractivity contribution in [3.63, 3.8) is 0 Å². The van der Waals surface area contributed by atoms with E-state index in [0.717, 1.165) is 0 Å². The minimum atomic E-state index is -3.36. The van der Waals surface area contributed by atoms with Crippen molar-refractivity contribution in [2.75, 3.05) is 37.0 Å². The van der Waals surface area contributed by atoms with Gasteiger partial charge in [0.05, 0.1) is 12.9 Å². The van der Waals surface area contributed by atoms with E-state index in [0.29, 0.717) is 24.5 Å². The SMILES string of the molecule is COc1cccc(NC(=O)CS(=O)(=O)CC2CNC2)c1. The van der Waals surface area contributed by atoms with Gasteiger partial charge < -0.3 is 15.4 Å². The number of sulfone groups is 1. The van der Waals surface area contributed by atoms with Crippen LogP contribution in [0.5, 0.6) is 5.75 Å². The predicted octanol–water partition coefficient (Wildman–Crippen LogP) is 0.268. The predicted molar refractivity (Wildman–Crippen MR) is 76.6 cm³/mol. The fourth-order valence-electron chi connectivity index (χ4n) is 1.98. The fraction of sp³-hybridized carbons (Fsp3) is 0.462. The summed E-state index contributed by atoms with van der Waals surface area (Å²) in [6, 6.07) is 6.79. The number of benzene rings is 1. The molecule has 0 bridgehead atoms. The lowest BCUT2D eigenvalue weighted by atomic mass is 10.1. The number of ether oxygens (including phenoxy) is 1. The van der Waals surface area contributed by atoms with Gasteiger partial charge in [-0.2, -0.15) is 0 Å². The molecule has 0 radical (unpaired) electrons. The maximum atomic E-state index is 11.8. The molecule has 2 N–H and O–H groups in total. The van der Waals surface area contributed by atoms with E-state index in [-0.39, 0.29) is 11.7 Å². The molecule has 1 aromatic carbocycles. The Morgan fingerprint density at radius 2 is 2.20 bits per heavy atom. The fourth-order valence-corrected chi connectivity index (χ4v) is 3.53. The van der Waals surface area contributed by atoms with Crippen molar-refractivity contribution in [1.29, 1.82) is 0 Å². The first-order valence-electron chi connectivity index (χ1n) is 6.33. The zero-order valence-corrected chi connectivity index (χ0v) is 12.1. The number of carbonyl (C=O) groups is 1. The van der Waals surface area contributed by atoms with Crippen molar-refractivity contribution in [2.45, 2.75) is 0 Å². The number of nitrogens with one attached hydrogen (secondary N) is 2. The molecule has 6 nitrogen and oxygen atoms in total. The normalized spacial score (nSPS) is 15.4. The number of anilines is 1. The van der Waals surface area contributed by atoms with Gasteiger partial charge in [-0.3, -0.25) is 4.79 Å². The Morgan fingerprint density at radius 1 is 1.45 bits per heavy atom. The zero-order valence-electron chi connectivity index (χ0n) is 11.3. The molecular formula is C13H18N2O4S. The summed E-state index contributed by atoms with van der Waals surface area (Å²) in [5.41, 5.74) is 0.523. The summed E-state index contributed by atoms with van der Waals surface area (Å²) in [5.74, 6) is -0.215. The molecule has 1 saturated heterocycles. The highest BCUT2D eigenvalue weighted by Gasteiger charge is 2.26. The van der Waals surface area contributed by atoms with Crippen LogP contribution in [0.3, 0.4) is 0 Å². The lowest BCUT2D eigenvalue weighted by Gasteiger charge is -2.26. The molecule has 7 heteroatoms. The minimum Gasteiger partial charge on any atom is -0.497 e. The summed E-state index contributed by atoms with van der Waals surface area (Å²) >= 11 is 0. The number of hydrogen-bond donors (Lipinski definition) is 2. The van der Waals surface area contributed by atoms with E-state index < -0.39 is 21.5 Å². The average molecular weight is 298 g/mol. The molecule has 0 aliphatic carbocycles. The van der Waals surface area contributed by atoms with E-state index in [9.17, 15) is 13.2 Å². The first-order chi connectivity index (χ1) is 9.48. The molecule has 0 aromatic heterocycles. The number of methoxy groups -OCH3 is 1. The maximum absolute atomic E-state index is 11.8. The molecule has 110 valence electrons. The topological polar surface area (TPSA) is 84.5 Å². The summed E-state index contributed by atoms with van der Waals surface area (Å²) < 4.78 is 28.7. The van der Waals surface area contributed by atoms with E-state index in [1.54, 1.807) is 24.3 Å². The Bertz CT molecular complexity index is 582. The molecule has 0 atom stereocenters. The van der Waals surface area contributed by atoms with Crippen molar-refractivity contribution in [2.24, 2.45) is 5.92 Å². The van der Waals surface area contributed by atoms with Crippen LogP contribution in [-0.2, 0) is 14.6 Å². The highest BCUT2D eigenvalue weighted by molar-refractivity contribution is 7.92. The van der Waals surface area contributed by atoms with E-state index in [4.69, 9.17) is 4.74 Å². The third kappa shape index (κ3) is 4.21.